The molecule has 0 saturated heterocycles. The summed E-state index contributed by atoms with van der Waals surface area (Å²) in [5.41, 5.74) is 15.6. The molecule has 142 valence electrons. The fraction of sp³-hybridized carbons (Fsp3) is 0.0909. The molecule has 0 aromatic heterocycles. The molecule has 0 atom stereocenters. The quantitative estimate of drug-likeness (QED) is 0.497. The number of hydrogen-bond acceptors (Lipinski definition) is 4. The van der Waals surface area contributed by atoms with Crippen molar-refractivity contribution in [1.29, 1.82) is 0 Å². The number of carbonyl (C=O) groups excluding carboxylic acids is 2. The average molecular weight is 374 g/mol. The van der Waals surface area contributed by atoms with Crippen molar-refractivity contribution in [2.24, 2.45) is 0 Å². The Kier molecular flexibility index (Phi) is 5.91. The van der Waals surface area contributed by atoms with E-state index in [-0.39, 0.29) is 11.8 Å². The van der Waals surface area contributed by atoms with Crippen molar-refractivity contribution in [3.63, 3.8) is 0 Å². The Balaban J connectivity index is 1.53. The number of carbonyl (C=O) groups is 2. The van der Waals surface area contributed by atoms with Gasteiger partial charge in [-0.2, -0.15) is 0 Å². The van der Waals surface area contributed by atoms with E-state index in [2.05, 4.69) is 10.6 Å². The summed E-state index contributed by atoms with van der Waals surface area (Å²) in [6, 6.07) is 21.2. The molecule has 6 N–H and O–H groups in total. The molecule has 2 amide bonds. The third-order valence-electron chi connectivity index (χ3n) is 4.27. The SMILES string of the molecule is Nc1ccc(CNC(=O)c2ccc(C(=O)NCc3ccc(N)cc3)cc2)cc1. The number of anilines is 2. The molecule has 0 fully saturated rings. The molecule has 3 aromatic carbocycles. The molecule has 0 aliphatic heterocycles. The third kappa shape index (κ3) is 5.11. The van der Waals surface area contributed by atoms with Crippen molar-refractivity contribution in [3.05, 3.63) is 95.1 Å². The molecule has 0 unspecified atom stereocenters. The lowest BCUT2D eigenvalue weighted by Gasteiger charge is -2.08. The van der Waals surface area contributed by atoms with Crippen LogP contribution in [-0.2, 0) is 13.1 Å². The lowest BCUT2D eigenvalue weighted by molar-refractivity contribution is 0.0939. The highest BCUT2D eigenvalue weighted by Gasteiger charge is 2.09. The summed E-state index contributed by atoms with van der Waals surface area (Å²) in [5, 5.41) is 5.69. The predicted octanol–water partition coefficient (Wildman–Crippen LogP) is 2.71. The number of amides is 2. The lowest BCUT2D eigenvalue weighted by Crippen LogP contribution is -2.24. The van der Waals surface area contributed by atoms with Crippen LogP contribution in [0.3, 0.4) is 0 Å². The molecule has 3 aromatic rings. The van der Waals surface area contributed by atoms with Crippen molar-refractivity contribution < 1.29 is 9.59 Å². The second-order valence-electron chi connectivity index (χ2n) is 6.43. The van der Waals surface area contributed by atoms with Gasteiger partial charge < -0.3 is 22.1 Å². The maximum atomic E-state index is 12.3. The van der Waals surface area contributed by atoms with Crippen LogP contribution in [-0.4, -0.2) is 11.8 Å². The van der Waals surface area contributed by atoms with Crippen LogP contribution < -0.4 is 22.1 Å². The van der Waals surface area contributed by atoms with Gasteiger partial charge in [0.2, 0.25) is 0 Å². The number of hydrogen-bond donors (Lipinski definition) is 4. The van der Waals surface area contributed by atoms with E-state index >= 15 is 0 Å². The number of nitrogens with two attached hydrogens (primary N) is 2. The first kappa shape index (κ1) is 19.0. The zero-order valence-corrected chi connectivity index (χ0v) is 15.3. The fourth-order valence-electron chi connectivity index (χ4n) is 2.61. The Morgan fingerprint density at radius 3 is 1.21 bits per heavy atom. The van der Waals surface area contributed by atoms with Crippen LogP contribution in [0, 0.1) is 0 Å². The van der Waals surface area contributed by atoms with Crippen LogP contribution in [0.5, 0.6) is 0 Å². The topological polar surface area (TPSA) is 110 Å². The first-order valence-electron chi connectivity index (χ1n) is 8.86. The number of nitrogen functional groups attached to an aromatic ring is 2. The van der Waals surface area contributed by atoms with Crippen molar-refractivity contribution in [3.8, 4) is 0 Å². The first-order valence-corrected chi connectivity index (χ1v) is 8.86. The van der Waals surface area contributed by atoms with Gasteiger partial charge in [-0.3, -0.25) is 9.59 Å². The predicted molar refractivity (Wildman–Crippen MR) is 110 cm³/mol. The molecule has 28 heavy (non-hydrogen) atoms. The summed E-state index contributed by atoms with van der Waals surface area (Å²) in [4.78, 5) is 24.5. The van der Waals surface area contributed by atoms with Gasteiger partial charge in [0.05, 0.1) is 0 Å². The third-order valence-corrected chi connectivity index (χ3v) is 4.27. The Hall–Kier alpha value is -3.80. The molecule has 0 aliphatic carbocycles. The van der Waals surface area contributed by atoms with Gasteiger partial charge in [0.1, 0.15) is 0 Å². The Morgan fingerprint density at radius 2 is 0.893 bits per heavy atom. The second kappa shape index (κ2) is 8.73. The van der Waals surface area contributed by atoms with Crippen molar-refractivity contribution in [1.82, 2.24) is 10.6 Å². The molecule has 0 bridgehead atoms. The van der Waals surface area contributed by atoms with E-state index < -0.39 is 0 Å². The number of rotatable bonds is 6. The van der Waals surface area contributed by atoms with E-state index in [0.717, 1.165) is 11.1 Å². The fourth-order valence-corrected chi connectivity index (χ4v) is 2.61. The molecular weight excluding hydrogens is 352 g/mol. The molecule has 0 heterocycles. The highest BCUT2D eigenvalue weighted by atomic mass is 16.2. The van der Waals surface area contributed by atoms with Crippen LogP contribution in [0.25, 0.3) is 0 Å². The van der Waals surface area contributed by atoms with Crippen molar-refractivity contribution >= 4 is 23.2 Å². The van der Waals surface area contributed by atoms with Gasteiger partial charge in [-0.25, -0.2) is 0 Å². The maximum Gasteiger partial charge on any atom is 0.251 e. The van der Waals surface area contributed by atoms with E-state index in [0.29, 0.717) is 35.6 Å². The summed E-state index contributed by atoms with van der Waals surface area (Å²) in [6.45, 7) is 0.811. The van der Waals surface area contributed by atoms with E-state index in [1.165, 1.54) is 0 Å². The summed E-state index contributed by atoms with van der Waals surface area (Å²) >= 11 is 0. The molecule has 0 radical (unpaired) electrons. The molecule has 6 heteroatoms. The molecule has 0 saturated carbocycles. The Labute approximate surface area is 163 Å². The van der Waals surface area contributed by atoms with E-state index in [4.69, 9.17) is 11.5 Å². The largest absolute Gasteiger partial charge is 0.399 e. The maximum absolute atomic E-state index is 12.3. The van der Waals surface area contributed by atoms with Crippen LogP contribution in [0.15, 0.2) is 72.8 Å². The summed E-state index contributed by atoms with van der Waals surface area (Å²) in [6.07, 6.45) is 0. The second-order valence-corrected chi connectivity index (χ2v) is 6.43. The van der Waals surface area contributed by atoms with Gasteiger partial charge in [0.15, 0.2) is 0 Å². The van der Waals surface area contributed by atoms with Crippen molar-refractivity contribution in [2.75, 3.05) is 11.5 Å². The van der Waals surface area contributed by atoms with Gasteiger partial charge in [-0.15, -0.1) is 0 Å². The molecule has 0 aliphatic rings. The minimum absolute atomic E-state index is 0.203. The average Bonchev–Trinajstić information content (AvgIpc) is 2.72. The lowest BCUT2D eigenvalue weighted by atomic mass is 10.1. The summed E-state index contributed by atoms with van der Waals surface area (Å²) in [5.74, 6) is -0.406. The summed E-state index contributed by atoms with van der Waals surface area (Å²) < 4.78 is 0. The van der Waals surface area contributed by atoms with Crippen LogP contribution in [0.4, 0.5) is 11.4 Å². The van der Waals surface area contributed by atoms with Gasteiger partial charge in [-0.1, -0.05) is 24.3 Å². The minimum Gasteiger partial charge on any atom is -0.399 e. The molecule has 3 rings (SSSR count). The number of benzene rings is 3. The van der Waals surface area contributed by atoms with E-state index in [9.17, 15) is 9.59 Å². The molecule has 0 spiro atoms. The van der Waals surface area contributed by atoms with E-state index in [1.807, 2.05) is 24.3 Å². The van der Waals surface area contributed by atoms with Gasteiger partial charge >= 0.3 is 0 Å². The van der Waals surface area contributed by atoms with Crippen LogP contribution in [0.2, 0.25) is 0 Å². The van der Waals surface area contributed by atoms with Gasteiger partial charge in [0.25, 0.3) is 11.8 Å². The standard InChI is InChI=1S/C22H22N4O2/c23-19-9-1-15(2-10-19)13-25-21(27)17-5-7-18(8-6-17)22(28)26-14-16-3-11-20(24)12-4-16/h1-12H,13-14,23-24H2,(H,25,27)(H,26,28). The van der Waals surface area contributed by atoms with Crippen LogP contribution >= 0.6 is 0 Å². The first-order chi connectivity index (χ1) is 13.5. The monoisotopic (exact) mass is 374 g/mol. The molecule has 6 nitrogen and oxygen atoms in total. The van der Waals surface area contributed by atoms with Gasteiger partial charge in [0, 0.05) is 35.6 Å². The zero-order chi connectivity index (χ0) is 19.9. The highest BCUT2D eigenvalue weighted by molar-refractivity contribution is 5.97. The summed E-state index contributed by atoms with van der Waals surface area (Å²) in [7, 11) is 0. The van der Waals surface area contributed by atoms with Gasteiger partial charge in [-0.05, 0) is 59.7 Å². The van der Waals surface area contributed by atoms with E-state index in [1.54, 1.807) is 48.5 Å². The smallest absolute Gasteiger partial charge is 0.251 e. The van der Waals surface area contributed by atoms with Crippen molar-refractivity contribution in [2.45, 2.75) is 13.1 Å². The van der Waals surface area contributed by atoms with Crippen LogP contribution in [0.1, 0.15) is 31.8 Å². The number of nitrogens with one attached hydrogen (secondary N) is 2. The Morgan fingerprint density at radius 1 is 0.571 bits per heavy atom. The minimum atomic E-state index is -0.203. The molecular formula is C22H22N4O2. The highest BCUT2D eigenvalue weighted by Crippen LogP contribution is 2.09. The zero-order valence-electron chi connectivity index (χ0n) is 15.3. The normalized spacial score (nSPS) is 10.3. The Bertz CT molecular complexity index is 869.